The van der Waals surface area contributed by atoms with E-state index in [9.17, 15) is 0 Å². The Balaban J connectivity index is 1.30. The van der Waals surface area contributed by atoms with Crippen molar-refractivity contribution in [2.45, 2.75) is 0 Å². The van der Waals surface area contributed by atoms with Gasteiger partial charge in [0.25, 0.3) is 0 Å². The molecule has 0 bridgehead atoms. The van der Waals surface area contributed by atoms with Crippen LogP contribution >= 0.6 is 0 Å². The molecule has 8 aromatic rings. The number of fused-ring (bicyclic) bond motifs is 3. The molecule has 1 aromatic heterocycles. The van der Waals surface area contributed by atoms with Gasteiger partial charge in [-0.25, -0.2) is 0 Å². The summed E-state index contributed by atoms with van der Waals surface area (Å²) in [7, 11) is 0. The van der Waals surface area contributed by atoms with E-state index >= 15 is 0 Å². The second-order valence-electron chi connectivity index (χ2n) is 12.0. The zero-order chi connectivity index (χ0) is 31.2. The number of pyridine rings is 1. The summed E-state index contributed by atoms with van der Waals surface area (Å²) in [5.74, 6) is 0. The molecular formula is C45H30N2. The van der Waals surface area contributed by atoms with Crippen LogP contribution in [0.15, 0.2) is 182 Å². The summed E-state index contributed by atoms with van der Waals surface area (Å²) < 4.78 is 0. The van der Waals surface area contributed by atoms with E-state index in [4.69, 9.17) is 0 Å². The van der Waals surface area contributed by atoms with Crippen molar-refractivity contribution >= 4 is 27.8 Å². The van der Waals surface area contributed by atoms with Crippen molar-refractivity contribution in [1.82, 2.24) is 4.98 Å². The molecular weight excluding hydrogens is 569 g/mol. The molecule has 0 unspecified atom stereocenters. The Labute approximate surface area is 274 Å². The second-order valence-corrected chi connectivity index (χ2v) is 12.0. The third kappa shape index (κ3) is 4.70. The van der Waals surface area contributed by atoms with Gasteiger partial charge in [0.05, 0.1) is 11.9 Å². The number of hydrogen-bond donors (Lipinski definition) is 0. The lowest BCUT2D eigenvalue weighted by Gasteiger charge is -2.26. The van der Waals surface area contributed by atoms with Gasteiger partial charge < -0.3 is 4.90 Å². The maximum atomic E-state index is 4.51. The van der Waals surface area contributed by atoms with E-state index in [1.54, 1.807) is 0 Å². The first-order chi connectivity index (χ1) is 23.3. The molecule has 0 saturated heterocycles. The van der Waals surface area contributed by atoms with Gasteiger partial charge in [0.15, 0.2) is 0 Å². The first-order valence-electron chi connectivity index (χ1n) is 16.0. The van der Waals surface area contributed by atoms with Crippen LogP contribution in [0.25, 0.3) is 66.4 Å². The van der Waals surface area contributed by atoms with Crippen molar-refractivity contribution in [3.63, 3.8) is 0 Å². The van der Waals surface area contributed by atoms with Crippen molar-refractivity contribution in [3.8, 4) is 55.6 Å². The van der Waals surface area contributed by atoms with E-state index in [0.29, 0.717) is 0 Å². The molecule has 2 nitrogen and oxygen atoms in total. The van der Waals surface area contributed by atoms with Crippen LogP contribution in [0.4, 0.5) is 17.1 Å². The van der Waals surface area contributed by atoms with E-state index in [0.717, 1.165) is 22.6 Å². The maximum absolute atomic E-state index is 4.51. The number of rotatable bonds is 6. The summed E-state index contributed by atoms with van der Waals surface area (Å²) in [6.45, 7) is 0. The first-order valence-corrected chi connectivity index (χ1v) is 16.0. The largest absolute Gasteiger partial charge is 0.309 e. The Morgan fingerprint density at radius 3 is 1.68 bits per heavy atom. The van der Waals surface area contributed by atoms with Gasteiger partial charge in [-0.15, -0.1) is 0 Å². The van der Waals surface area contributed by atoms with E-state index < -0.39 is 0 Å². The molecule has 1 aliphatic rings. The molecule has 220 valence electrons. The molecule has 0 N–H and O–H groups in total. The van der Waals surface area contributed by atoms with E-state index in [-0.39, 0.29) is 0 Å². The molecule has 1 aliphatic carbocycles. The van der Waals surface area contributed by atoms with Crippen molar-refractivity contribution in [3.05, 3.63) is 182 Å². The normalized spacial score (nSPS) is 11.4. The smallest absolute Gasteiger partial charge is 0.0644 e. The molecule has 2 heteroatoms. The molecule has 0 fully saturated rings. The zero-order valence-corrected chi connectivity index (χ0v) is 25.7. The minimum atomic E-state index is 1.01. The van der Waals surface area contributed by atoms with Crippen molar-refractivity contribution < 1.29 is 0 Å². The van der Waals surface area contributed by atoms with Gasteiger partial charge in [0, 0.05) is 17.6 Å². The maximum Gasteiger partial charge on any atom is 0.0644 e. The number of aromatic nitrogens is 1. The molecule has 1 heterocycles. The lowest BCUT2D eigenvalue weighted by atomic mass is 9.91. The minimum absolute atomic E-state index is 1.01. The van der Waals surface area contributed by atoms with Gasteiger partial charge in [-0.1, -0.05) is 121 Å². The van der Waals surface area contributed by atoms with Gasteiger partial charge in [0.1, 0.15) is 0 Å². The standard InChI is InChI=1S/C45H30N2/c1-3-12-31(13-4-1)32-14-9-15-33(26-32)34-27-35(29-38(28-34)47(36-16-5-2-6-17-36)37-18-11-25-46-30-37)39-23-24-44-41-20-8-7-19-40(41)43-22-10-21-42(39)45(43)44/h1-30H. The highest BCUT2D eigenvalue weighted by atomic mass is 15.1. The fourth-order valence-electron chi connectivity index (χ4n) is 7.14. The average Bonchev–Trinajstić information content (AvgIpc) is 3.48. The van der Waals surface area contributed by atoms with E-state index in [1.165, 1.54) is 60.8 Å². The minimum Gasteiger partial charge on any atom is -0.309 e. The van der Waals surface area contributed by atoms with Gasteiger partial charge in [-0.05, 0) is 115 Å². The number of para-hydroxylation sites is 1. The van der Waals surface area contributed by atoms with Crippen molar-refractivity contribution in [1.29, 1.82) is 0 Å². The molecule has 9 rings (SSSR count). The third-order valence-electron chi connectivity index (χ3n) is 9.26. The molecule has 0 radical (unpaired) electrons. The quantitative estimate of drug-likeness (QED) is 0.189. The third-order valence-corrected chi connectivity index (χ3v) is 9.26. The highest BCUT2D eigenvalue weighted by molar-refractivity contribution is 6.18. The Kier molecular flexibility index (Phi) is 6.50. The summed E-state index contributed by atoms with van der Waals surface area (Å²) in [6, 6.07) is 61.3. The average molecular weight is 599 g/mol. The molecule has 0 atom stereocenters. The summed E-state index contributed by atoms with van der Waals surface area (Å²) >= 11 is 0. The van der Waals surface area contributed by atoms with Crippen LogP contribution in [-0.4, -0.2) is 4.98 Å². The predicted octanol–water partition coefficient (Wildman–Crippen LogP) is 12.4. The summed E-state index contributed by atoms with van der Waals surface area (Å²) in [4.78, 5) is 6.81. The van der Waals surface area contributed by atoms with E-state index in [2.05, 4.69) is 174 Å². The van der Waals surface area contributed by atoms with Gasteiger partial charge in [-0.2, -0.15) is 0 Å². The van der Waals surface area contributed by atoms with Crippen LogP contribution in [0.3, 0.4) is 0 Å². The predicted molar refractivity (Wildman–Crippen MR) is 197 cm³/mol. The second kappa shape index (κ2) is 11.3. The van der Waals surface area contributed by atoms with Crippen LogP contribution in [0.2, 0.25) is 0 Å². The van der Waals surface area contributed by atoms with Crippen LogP contribution in [0.5, 0.6) is 0 Å². The lowest BCUT2D eigenvalue weighted by molar-refractivity contribution is 1.23. The highest BCUT2D eigenvalue weighted by Crippen LogP contribution is 2.50. The monoisotopic (exact) mass is 598 g/mol. The number of nitrogens with zero attached hydrogens (tertiary/aromatic N) is 2. The zero-order valence-electron chi connectivity index (χ0n) is 25.7. The van der Waals surface area contributed by atoms with Gasteiger partial charge in [-0.3, -0.25) is 4.98 Å². The topological polar surface area (TPSA) is 16.1 Å². The number of hydrogen-bond acceptors (Lipinski definition) is 2. The SMILES string of the molecule is c1ccc(-c2cccc(-c3cc(-c4ccc5c6c(cccc46)-c4ccccc4-5)cc(N(c4ccccc4)c4cccnc4)c3)c2)cc1. The summed E-state index contributed by atoms with van der Waals surface area (Å²) in [5.41, 5.74) is 15.5. The summed E-state index contributed by atoms with van der Waals surface area (Å²) in [6.07, 6.45) is 3.76. The Morgan fingerprint density at radius 2 is 0.915 bits per heavy atom. The Hall–Kier alpha value is -6.25. The number of anilines is 3. The summed E-state index contributed by atoms with van der Waals surface area (Å²) in [5, 5.41) is 2.60. The molecule has 7 aromatic carbocycles. The van der Waals surface area contributed by atoms with Crippen LogP contribution in [-0.2, 0) is 0 Å². The fraction of sp³-hybridized carbons (Fsp3) is 0. The van der Waals surface area contributed by atoms with Gasteiger partial charge in [0.2, 0.25) is 0 Å². The Bertz CT molecular complexity index is 2330. The van der Waals surface area contributed by atoms with Crippen LogP contribution < -0.4 is 4.90 Å². The lowest BCUT2D eigenvalue weighted by Crippen LogP contribution is -2.10. The van der Waals surface area contributed by atoms with Crippen molar-refractivity contribution in [2.75, 3.05) is 4.90 Å². The molecule has 0 saturated carbocycles. The fourth-order valence-corrected chi connectivity index (χ4v) is 7.14. The molecule has 0 spiro atoms. The molecule has 0 amide bonds. The van der Waals surface area contributed by atoms with Crippen molar-refractivity contribution in [2.24, 2.45) is 0 Å². The number of benzene rings is 7. The highest BCUT2D eigenvalue weighted by Gasteiger charge is 2.23. The first kappa shape index (κ1) is 27.1. The van der Waals surface area contributed by atoms with E-state index in [1.807, 2.05) is 18.5 Å². The molecule has 0 aliphatic heterocycles. The Morgan fingerprint density at radius 1 is 0.340 bits per heavy atom. The molecule has 47 heavy (non-hydrogen) atoms. The van der Waals surface area contributed by atoms with Crippen LogP contribution in [0.1, 0.15) is 0 Å². The van der Waals surface area contributed by atoms with Gasteiger partial charge >= 0.3 is 0 Å². The van der Waals surface area contributed by atoms with Crippen LogP contribution in [0, 0.1) is 0 Å².